The normalized spacial score (nSPS) is 10.6. The lowest BCUT2D eigenvalue weighted by atomic mass is 10.3. The number of hydrogen-bond donors (Lipinski definition) is 0. The minimum Gasteiger partial charge on any atom is -0.497 e. The number of nitrogens with zero attached hydrogens (tertiary/aromatic N) is 2. The van der Waals surface area contributed by atoms with Crippen molar-refractivity contribution < 1.29 is 18.9 Å². The summed E-state index contributed by atoms with van der Waals surface area (Å²) in [7, 11) is 3.30. The highest BCUT2D eigenvalue weighted by molar-refractivity contribution is 8.03. The Morgan fingerprint density at radius 2 is 1.03 bits per heavy atom. The zero-order chi connectivity index (χ0) is 20.3. The van der Waals surface area contributed by atoms with Crippen molar-refractivity contribution in [2.45, 2.75) is 8.68 Å². The van der Waals surface area contributed by atoms with E-state index in [0.717, 1.165) is 43.2 Å². The van der Waals surface area contributed by atoms with Gasteiger partial charge in [0, 0.05) is 11.5 Å². The molecule has 0 unspecified atom stereocenters. The third kappa shape index (κ3) is 7.34. The van der Waals surface area contributed by atoms with Gasteiger partial charge in [0.05, 0.1) is 27.4 Å². The number of aromatic nitrogens is 2. The zero-order valence-electron chi connectivity index (χ0n) is 16.2. The molecule has 9 heteroatoms. The molecular formula is C20H22N2O4S3. The van der Waals surface area contributed by atoms with Crippen LogP contribution in [-0.4, -0.2) is 49.1 Å². The molecule has 3 rings (SSSR count). The number of thioether (sulfide) groups is 2. The molecule has 0 fully saturated rings. The van der Waals surface area contributed by atoms with Crippen molar-refractivity contribution in [1.29, 1.82) is 0 Å². The smallest absolute Gasteiger partial charge is 0.175 e. The monoisotopic (exact) mass is 450 g/mol. The Kier molecular flexibility index (Phi) is 8.79. The van der Waals surface area contributed by atoms with Crippen LogP contribution in [0.3, 0.4) is 0 Å². The Hall–Kier alpha value is -2.10. The maximum Gasteiger partial charge on any atom is 0.175 e. The summed E-state index contributed by atoms with van der Waals surface area (Å²) in [5.41, 5.74) is 0. The maximum absolute atomic E-state index is 5.72. The molecule has 0 spiro atoms. The molecule has 154 valence electrons. The van der Waals surface area contributed by atoms with Crippen LogP contribution in [0.5, 0.6) is 23.0 Å². The average Bonchev–Trinajstić information content (AvgIpc) is 3.23. The van der Waals surface area contributed by atoms with Crippen LogP contribution in [0, 0.1) is 0 Å². The van der Waals surface area contributed by atoms with Crippen LogP contribution in [-0.2, 0) is 0 Å². The first kappa shape index (κ1) is 21.6. The fraction of sp³-hybridized carbons (Fsp3) is 0.300. The second kappa shape index (κ2) is 11.8. The molecule has 0 N–H and O–H groups in total. The van der Waals surface area contributed by atoms with Gasteiger partial charge in [-0.25, -0.2) is 0 Å². The molecule has 0 amide bonds. The van der Waals surface area contributed by atoms with Gasteiger partial charge in [-0.05, 0) is 48.5 Å². The Bertz CT molecular complexity index is 787. The third-order valence-corrected chi connectivity index (χ3v) is 6.78. The first-order chi connectivity index (χ1) is 14.3. The lowest BCUT2D eigenvalue weighted by Crippen LogP contribution is -1.99. The van der Waals surface area contributed by atoms with Crippen LogP contribution >= 0.6 is 34.9 Å². The average molecular weight is 451 g/mol. The Balaban J connectivity index is 1.30. The zero-order valence-corrected chi connectivity index (χ0v) is 18.6. The topological polar surface area (TPSA) is 62.7 Å². The van der Waals surface area contributed by atoms with Crippen molar-refractivity contribution in [2.24, 2.45) is 0 Å². The van der Waals surface area contributed by atoms with E-state index in [4.69, 9.17) is 18.9 Å². The number of ether oxygens (including phenoxy) is 4. The summed E-state index contributed by atoms with van der Waals surface area (Å²) in [6, 6.07) is 15.1. The molecule has 0 atom stereocenters. The molecule has 0 aliphatic heterocycles. The van der Waals surface area contributed by atoms with Crippen molar-refractivity contribution in [3.8, 4) is 23.0 Å². The van der Waals surface area contributed by atoms with E-state index in [-0.39, 0.29) is 0 Å². The molecule has 29 heavy (non-hydrogen) atoms. The predicted molar refractivity (Wildman–Crippen MR) is 118 cm³/mol. The van der Waals surface area contributed by atoms with Crippen LogP contribution in [0.4, 0.5) is 0 Å². The van der Waals surface area contributed by atoms with E-state index < -0.39 is 0 Å². The van der Waals surface area contributed by atoms with E-state index in [1.54, 1.807) is 49.1 Å². The fourth-order valence-corrected chi connectivity index (χ4v) is 5.03. The number of rotatable bonds is 12. The second-order valence-electron chi connectivity index (χ2n) is 5.58. The van der Waals surface area contributed by atoms with Crippen LogP contribution < -0.4 is 18.9 Å². The van der Waals surface area contributed by atoms with Gasteiger partial charge in [-0.3, -0.25) is 0 Å². The van der Waals surface area contributed by atoms with Gasteiger partial charge in [0.25, 0.3) is 0 Å². The minimum atomic E-state index is 0.606. The largest absolute Gasteiger partial charge is 0.497 e. The van der Waals surface area contributed by atoms with Crippen molar-refractivity contribution in [2.75, 3.05) is 38.9 Å². The third-order valence-electron chi connectivity index (χ3n) is 3.66. The van der Waals surface area contributed by atoms with Gasteiger partial charge >= 0.3 is 0 Å². The predicted octanol–water partition coefficient (Wildman–Crippen LogP) is 4.90. The maximum atomic E-state index is 5.72. The summed E-state index contributed by atoms with van der Waals surface area (Å²) >= 11 is 4.89. The van der Waals surface area contributed by atoms with Crippen molar-refractivity contribution in [3.63, 3.8) is 0 Å². The van der Waals surface area contributed by atoms with Crippen molar-refractivity contribution >= 4 is 34.9 Å². The van der Waals surface area contributed by atoms with Crippen LogP contribution in [0.1, 0.15) is 0 Å². The van der Waals surface area contributed by atoms with Crippen molar-refractivity contribution in [1.82, 2.24) is 10.2 Å². The molecule has 0 aliphatic carbocycles. The SMILES string of the molecule is COc1ccc(OCCSc2nnc(SCCOc3ccc(OC)cc3)s2)cc1. The van der Waals surface area contributed by atoms with E-state index in [9.17, 15) is 0 Å². The first-order valence-corrected chi connectivity index (χ1v) is 11.7. The molecule has 0 bridgehead atoms. The highest BCUT2D eigenvalue weighted by atomic mass is 32.2. The van der Waals surface area contributed by atoms with Gasteiger partial charge in [0.1, 0.15) is 23.0 Å². The van der Waals surface area contributed by atoms with Gasteiger partial charge in [-0.2, -0.15) is 0 Å². The Morgan fingerprint density at radius 3 is 1.41 bits per heavy atom. The van der Waals surface area contributed by atoms with Gasteiger partial charge in [-0.15, -0.1) is 10.2 Å². The summed E-state index contributed by atoms with van der Waals surface area (Å²) < 4.78 is 23.6. The summed E-state index contributed by atoms with van der Waals surface area (Å²) in [5, 5.41) is 8.45. The van der Waals surface area contributed by atoms with Crippen LogP contribution in [0.15, 0.2) is 57.2 Å². The molecule has 1 aromatic heterocycles. The van der Waals surface area contributed by atoms with E-state index in [2.05, 4.69) is 10.2 Å². The fourth-order valence-electron chi connectivity index (χ4n) is 2.23. The molecule has 0 radical (unpaired) electrons. The molecule has 2 aromatic carbocycles. The van der Waals surface area contributed by atoms with Gasteiger partial charge in [0.15, 0.2) is 8.68 Å². The van der Waals surface area contributed by atoms with E-state index in [0.29, 0.717) is 13.2 Å². The molecule has 0 aliphatic rings. The van der Waals surface area contributed by atoms with Crippen LogP contribution in [0.2, 0.25) is 0 Å². The minimum absolute atomic E-state index is 0.606. The number of benzene rings is 2. The molecule has 0 saturated heterocycles. The molecular weight excluding hydrogens is 428 g/mol. The Labute approximate surface area is 182 Å². The molecule has 1 heterocycles. The van der Waals surface area contributed by atoms with Gasteiger partial charge < -0.3 is 18.9 Å². The molecule has 3 aromatic rings. The lowest BCUT2D eigenvalue weighted by Gasteiger charge is -2.06. The quantitative estimate of drug-likeness (QED) is 0.285. The van der Waals surface area contributed by atoms with E-state index >= 15 is 0 Å². The summed E-state index contributed by atoms with van der Waals surface area (Å²) in [6.07, 6.45) is 0. The summed E-state index contributed by atoms with van der Waals surface area (Å²) in [5.74, 6) is 4.92. The number of hydrogen-bond acceptors (Lipinski definition) is 9. The standard InChI is InChI=1S/C20H22N2O4S3/c1-23-15-3-7-17(8-4-15)25-11-13-27-19-21-22-20(29-19)28-14-12-26-18-9-5-16(24-2)6-10-18/h3-10H,11-14H2,1-2H3. The summed E-state index contributed by atoms with van der Waals surface area (Å²) in [6.45, 7) is 1.21. The Morgan fingerprint density at radius 1 is 0.655 bits per heavy atom. The molecule has 6 nitrogen and oxygen atoms in total. The van der Waals surface area contributed by atoms with Gasteiger partial charge in [-0.1, -0.05) is 34.9 Å². The first-order valence-electron chi connectivity index (χ1n) is 8.89. The number of methoxy groups -OCH3 is 2. The van der Waals surface area contributed by atoms with Gasteiger partial charge in [0.2, 0.25) is 0 Å². The van der Waals surface area contributed by atoms with E-state index in [1.807, 2.05) is 48.5 Å². The van der Waals surface area contributed by atoms with Crippen molar-refractivity contribution in [3.05, 3.63) is 48.5 Å². The summed E-state index contributed by atoms with van der Waals surface area (Å²) in [4.78, 5) is 0. The molecule has 0 saturated carbocycles. The van der Waals surface area contributed by atoms with E-state index in [1.165, 1.54) is 0 Å². The highest BCUT2D eigenvalue weighted by Gasteiger charge is 2.06. The van der Waals surface area contributed by atoms with Crippen LogP contribution in [0.25, 0.3) is 0 Å². The highest BCUT2D eigenvalue weighted by Crippen LogP contribution is 2.29. The lowest BCUT2D eigenvalue weighted by molar-refractivity contribution is 0.342. The second-order valence-corrected chi connectivity index (χ2v) is 9.24.